The third kappa shape index (κ3) is 4.41. The molecule has 4 N–H and O–H groups in total. The zero-order valence-corrected chi connectivity index (χ0v) is 13.2. The molecule has 0 saturated heterocycles. The standard InChI is InChI=1S/C13H15Cl2N5O2/c1-7-2-3-8(4-10(7)14)16-12-18-11(15)19-13(20-12)17-9(5-21)6-22/h2-4,9,21-22H,5-6H2,1H3,(H2,16,17,18,19,20). The van der Waals surface area contributed by atoms with Crippen LogP contribution in [-0.2, 0) is 0 Å². The Morgan fingerprint density at radius 3 is 2.41 bits per heavy atom. The molecule has 0 aliphatic carbocycles. The third-order valence-corrected chi connectivity index (χ3v) is 3.39. The summed E-state index contributed by atoms with van der Waals surface area (Å²) in [5.41, 5.74) is 1.65. The largest absolute Gasteiger partial charge is 0.394 e. The summed E-state index contributed by atoms with van der Waals surface area (Å²) in [6, 6.07) is 4.85. The van der Waals surface area contributed by atoms with Crippen LogP contribution < -0.4 is 10.6 Å². The summed E-state index contributed by atoms with van der Waals surface area (Å²) in [4.78, 5) is 12.0. The number of nitrogens with zero attached hydrogens (tertiary/aromatic N) is 3. The molecule has 0 atom stereocenters. The molecule has 118 valence electrons. The van der Waals surface area contributed by atoms with E-state index in [1.807, 2.05) is 19.1 Å². The molecule has 1 heterocycles. The first-order chi connectivity index (χ1) is 10.5. The molecule has 0 aliphatic heterocycles. The average molecular weight is 344 g/mol. The van der Waals surface area contributed by atoms with Gasteiger partial charge in [0.1, 0.15) is 0 Å². The van der Waals surface area contributed by atoms with Crippen LogP contribution in [0.1, 0.15) is 5.56 Å². The van der Waals surface area contributed by atoms with Gasteiger partial charge in [-0.3, -0.25) is 0 Å². The van der Waals surface area contributed by atoms with E-state index in [1.54, 1.807) is 6.07 Å². The van der Waals surface area contributed by atoms with Gasteiger partial charge in [-0.05, 0) is 36.2 Å². The molecule has 9 heteroatoms. The molecule has 2 aromatic rings. The summed E-state index contributed by atoms with van der Waals surface area (Å²) in [7, 11) is 0. The lowest BCUT2D eigenvalue weighted by molar-refractivity contribution is 0.203. The van der Waals surface area contributed by atoms with Crippen LogP contribution in [0, 0.1) is 6.92 Å². The molecule has 0 aliphatic rings. The normalized spacial score (nSPS) is 10.8. The fraction of sp³-hybridized carbons (Fsp3) is 0.308. The number of hydrogen-bond acceptors (Lipinski definition) is 7. The SMILES string of the molecule is Cc1ccc(Nc2nc(Cl)nc(NC(CO)CO)n2)cc1Cl. The van der Waals surface area contributed by atoms with Crippen molar-refractivity contribution in [1.29, 1.82) is 0 Å². The molecule has 2 rings (SSSR count). The van der Waals surface area contributed by atoms with Gasteiger partial charge in [0.15, 0.2) is 0 Å². The average Bonchev–Trinajstić information content (AvgIpc) is 2.48. The zero-order valence-electron chi connectivity index (χ0n) is 11.7. The highest BCUT2D eigenvalue weighted by Gasteiger charge is 2.11. The van der Waals surface area contributed by atoms with Crippen molar-refractivity contribution in [2.45, 2.75) is 13.0 Å². The van der Waals surface area contributed by atoms with E-state index in [9.17, 15) is 0 Å². The maximum absolute atomic E-state index is 9.06. The van der Waals surface area contributed by atoms with Crippen molar-refractivity contribution in [1.82, 2.24) is 15.0 Å². The predicted octanol–water partition coefficient (Wildman–Crippen LogP) is 2.00. The number of aryl methyl sites for hydroxylation is 1. The second-order valence-corrected chi connectivity index (χ2v) is 5.29. The van der Waals surface area contributed by atoms with E-state index in [0.29, 0.717) is 10.7 Å². The lowest BCUT2D eigenvalue weighted by atomic mass is 10.2. The maximum Gasteiger partial charge on any atom is 0.233 e. The molecule has 0 spiro atoms. The van der Waals surface area contributed by atoms with E-state index >= 15 is 0 Å². The highest BCUT2D eigenvalue weighted by Crippen LogP contribution is 2.22. The molecule has 0 radical (unpaired) electrons. The zero-order chi connectivity index (χ0) is 16.1. The number of anilines is 3. The molecule has 0 unspecified atom stereocenters. The highest BCUT2D eigenvalue weighted by atomic mass is 35.5. The number of aromatic nitrogens is 3. The minimum atomic E-state index is -0.583. The fourth-order valence-corrected chi connectivity index (χ4v) is 1.94. The van der Waals surface area contributed by atoms with E-state index in [1.165, 1.54) is 0 Å². The van der Waals surface area contributed by atoms with Gasteiger partial charge >= 0.3 is 0 Å². The Morgan fingerprint density at radius 1 is 1.09 bits per heavy atom. The first kappa shape index (κ1) is 16.7. The first-order valence-electron chi connectivity index (χ1n) is 6.45. The molecule has 0 saturated carbocycles. The smallest absolute Gasteiger partial charge is 0.233 e. The van der Waals surface area contributed by atoms with Crippen LogP contribution >= 0.6 is 23.2 Å². The van der Waals surface area contributed by atoms with Crippen molar-refractivity contribution >= 4 is 40.8 Å². The lowest BCUT2D eigenvalue weighted by Crippen LogP contribution is -2.28. The molecular formula is C13H15Cl2N5O2. The van der Waals surface area contributed by atoms with Crippen LogP contribution in [0.25, 0.3) is 0 Å². The van der Waals surface area contributed by atoms with Gasteiger partial charge in [0.05, 0.1) is 19.3 Å². The molecule has 22 heavy (non-hydrogen) atoms. The van der Waals surface area contributed by atoms with Crippen molar-refractivity contribution in [3.63, 3.8) is 0 Å². The Labute approximate surface area is 137 Å². The number of aliphatic hydroxyl groups excluding tert-OH is 2. The number of aliphatic hydroxyl groups is 2. The monoisotopic (exact) mass is 343 g/mol. The predicted molar refractivity (Wildman–Crippen MR) is 85.9 cm³/mol. The second kappa shape index (κ2) is 7.55. The first-order valence-corrected chi connectivity index (χ1v) is 7.20. The summed E-state index contributed by atoms with van der Waals surface area (Å²) < 4.78 is 0. The Morgan fingerprint density at radius 2 is 1.77 bits per heavy atom. The van der Waals surface area contributed by atoms with Gasteiger partial charge in [0.25, 0.3) is 0 Å². The number of benzene rings is 1. The fourth-order valence-electron chi connectivity index (χ4n) is 1.60. The number of nitrogens with one attached hydrogen (secondary N) is 2. The summed E-state index contributed by atoms with van der Waals surface area (Å²) in [5.74, 6) is 0.367. The summed E-state index contributed by atoms with van der Waals surface area (Å²) >= 11 is 11.9. The summed E-state index contributed by atoms with van der Waals surface area (Å²) in [6.45, 7) is 1.37. The third-order valence-electron chi connectivity index (χ3n) is 2.81. The molecule has 7 nitrogen and oxygen atoms in total. The number of hydrogen-bond donors (Lipinski definition) is 4. The van der Waals surface area contributed by atoms with Crippen LogP contribution in [0.15, 0.2) is 18.2 Å². The van der Waals surface area contributed by atoms with Gasteiger partial charge in [0, 0.05) is 10.7 Å². The van der Waals surface area contributed by atoms with Crippen LogP contribution in [0.4, 0.5) is 17.6 Å². The highest BCUT2D eigenvalue weighted by molar-refractivity contribution is 6.31. The number of halogens is 2. The molecule has 0 amide bonds. The van der Waals surface area contributed by atoms with Gasteiger partial charge < -0.3 is 20.8 Å². The van der Waals surface area contributed by atoms with Crippen molar-refractivity contribution in [3.05, 3.63) is 34.1 Å². The van der Waals surface area contributed by atoms with Crippen molar-refractivity contribution in [2.24, 2.45) is 0 Å². The van der Waals surface area contributed by atoms with Gasteiger partial charge in [0.2, 0.25) is 17.2 Å². The summed E-state index contributed by atoms with van der Waals surface area (Å²) in [6.07, 6.45) is 0. The number of rotatable bonds is 6. The molecular weight excluding hydrogens is 329 g/mol. The Hall–Kier alpha value is -1.67. The molecule has 0 bridgehead atoms. The minimum Gasteiger partial charge on any atom is -0.394 e. The molecule has 0 fully saturated rings. The van der Waals surface area contributed by atoms with Crippen molar-refractivity contribution in [3.8, 4) is 0 Å². The van der Waals surface area contributed by atoms with Crippen LogP contribution in [0.2, 0.25) is 10.3 Å². The van der Waals surface area contributed by atoms with Crippen molar-refractivity contribution < 1.29 is 10.2 Å². The quantitative estimate of drug-likeness (QED) is 0.635. The van der Waals surface area contributed by atoms with Crippen LogP contribution in [0.5, 0.6) is 0 Å². The summed E-state index contributed by atoms with van der Waals surface area (Å²) in [5, 5.41) is 24.4. The van der Waals surface area contributed by atoms with Gasteiger partial charge in [-0.25, -0.2) is 0 Å². The van der Waals surface area contributed by atoms with Crippen LogP contribution in [0.3, 0.4) is 0 Å². The van der Waals surface area contributed by atoms with E-state index in [4.69, 9.17) is 33.4 Å². The van der Waals surface area contributed by atoms with Crippen LogP contribution in [-0.4, -0.2) is 44.4 Å². The lowest BCUT2D eigenvalue weighted by Gasteiger charge is -2.14. The minimum absolute atomic E-state index is 0.0205. The van der Waals surface area contributed by atoms with Gasteiger partial charge in [-0.15, -0.1) is 0 Å². The van der Waals surface area contributed by atoms with E-state index in [2.05, 4.69) is 25.6 Å². The molecule has 1 aromatic heterocycles. The van der Waals surface area contributed by atoms with Crippen molar-refractivity contribution in [2.75, 3.05) is 23.8 Å². The second-order valence-electron chi connectivity index (χ2n) is 4.55. The topological polar surface area (TPSA) is 103 Å². The Kier molecular flexibility index (Phi) is 5.73. The maximum atomic E-state index is 9.06. The molecule has 1 aromatic carbocycles. The van der Waals surface area contributed by atoms with Gasteiger partial charge in [-0.1, -0.05) is 17.7 Å². The Bertz CT molecular complexity index is 652. The van der Waals surface area contributed by atoms with E-state index in [0.717, 1.165) is 5.56 Å². The van der Waals surface area contributed by atoms with E-state index in [-0.39, 0.29) is 30.4 Å². The van der Waals surface area contributed by atoms with E-state index < -0.39 is 6.04 Å². The Balaban J connectivity index is 2.20. The van der Waals surface area contributed by atoms with Gasteiger partial charge in [-0.2, -0.15) is 15.0 Å².